The standard InChI is InChI=1S/C22H22FN3O3/c1-4-18(22(28)24-21-14(2)6-5-7-15(21)3)29-19-12-13-20(27)26(25-19)17-10-8-16(23)9-11-17/h5-13,18H,4H2,1-3H3,(H,24,28). The van der Waals surface area contributed by atoms with Crippen LogP contribution in [0.3, 0.4) is 0 Å². The number of nitrogens with zero attached hydrogens (tertiary/aromatic N) is 2. The maximum Gasteiger partial charge on any atom is 0.271 e. The summed E-state index contributed by atoms with van der Waals surface area (Å²) >= 11 is 0. The van der Waals surface area contributed by atoms with Crippen molar-refractivity contribution in [2.75, 3.05) is 5.32 Å². The lowest BCUT2D eigenvalue weighted by atomic mass is 10.1. The van der Waals surface area contributed by atoms with Crippen molar-refractivity contribution in [3.8, 4) is 11.6 Å². The van der Waals surface area contributed by atoms with Gasteiger partial charge in [0.1, 0.15) is 5.82 Å². The predicted octanol–water partition coefficient (Wildman–Crippen LogP) is 3.78. The van der Waals surface area contributed by atoms with Crippen LogP contribution >= 0.6 is 0 Å². The van der Waals surface area contributed by atoms with Gasteiger partial charge in [-0.25, -0.2) is 4.39 Å². The molecule has 1 unspecified atom stereocenters. The van der Waals surface area contributed by atoms with Crippen molar-refractivity contribution in [3.63, 3.8) is 0 Å². The lowest BCUT2D eigenvalue weighted by Crippen LogP contribution is -2.33. The number of aromatic nitrogens is 2. The summed E-state index contributed by atoms with van der Waals surface area (Å²) in [7, 11) is 0. The highest BCUT2D eigenvalue weighted by atomic mass is 19.1. The minimum atomic E-state index is -0.791. The SMILES string of the molecule is CCC(Oc1ccc(=O)n(-c2ccc(F)cc2)n1)C(=O)Nc1c(C)cccc1C. The summed E-state index contributed by atoms with van der Waals surface area (Å²) in [5, 5.41) is 7.08. The number of rotatable bonds is 6. The number of carbonyl (C=O) groups excluding carboxylic acids is 1. The molecule has 0 spiro atoms. The molecule has 7 heteroatoms. The molecule has 1 aromatic heterocycles. The summed E-state index contributed by atoms with van der Waals surface area (Å²) < 4.78 is 20.0. The van der Waals surface area contributed by atoms with Gasteiger partial charge in [-0.2, -0.15) is 4.68 Å². The molecule has 1 N–H and O–H groups in total. The number of hydrogen-bond donors (Lipinski definition) is 1. The van der Waals surface area contributed by atoms with Gasteiger partial charge < -0.3 is 10.1 Å². The molecule has 0 saturated heterocycles. The van der Waals surface area contributed by atoms with Gasteiger partial charge in [0.25, 0.3) is 11.5 Å². The van der Waals surface area contributed by atoms with Crippen molar-refractivity contribution >= 4 is 11.6 Å². The average molecular weight is 395 g/mol. The maximum atomic E-state index is 13.1. The molecule has 6 nitrogen and oxygen atoms in total. The van der Waals surface area contributed by atoms with Crippen LogP contribution in [-0.2, 0) is 4.79 Å². The Balaban J connectivity index is 1.82. The van der Waals surface area contributed by atoms with Gasteiger partial charge in [0.05, 0.1) is 5.69 Å². The van der Waals surface area contributed by atoms with E-state index < -0.39 is 17.5 Å². The molecule has 2 aromatic carbocycles. The lowest BCUT2D eigenvalue weighted by Gasteiger charge is -2.19. The molecule has 0 saturated carbocycles. The normalized spacial score (nSPS) is 11.7. The van der Waals surface area contributed by atoms with Crippen LogP contribution in [-0.4, -0.2) is 21.8 Å². The van der Waals surface area contributed by atoms with Gasteiger partial charge in [-0.1, -0.05) is 25.1 Å². The Morgan fingerprint density at radius 3 is 2.38 bits per heavy atom. The molecule has 0 fully saturated rings. The summed E-state index contributed by atoms with van der Waals surface area (Å²) in [5.74, 6) is -0.591. The minimum Gasteiger partial charge on any atom is -0.463 e. The van der Waals surface area contributed by atoms with Crippen LogP contribution in [0.5, 0.6) is 5.88 Å². The topological polar surface area (TPSA) is 73.2 Å². The first-order chi connectivity index (χ1) is 13.9. The Hall–Kier alpha value is -3.48. The van der Waals surface area contributed by atoms with Crippen LogP contribution in [0.4, 0.5) is 10.1 Å². The van der Waals surface area contributed by atoms with Gasteiger partial charge in [0.2, 0.25) is 5.88 Å². The van der Waals surface area contributed by atoms with Gasteiger partial charge in [0.15, 0.2) is 6.10 Å². The fourth-order valence-corrected chi connectivity index (χ4v) is 2.91. The van der Waals surface area contributed by atoms with E-state index in [4.69, 9.17) is 4.74 Å². The number of aryl methyl sites for hydroxylation is 2. The largest absolute Gasteiger partial charge is 0.463 e. The van der Waals surface area contributed by atoms with Crippen molar-refractivity contribution < 1.29 is 13.9 Å². The molecule has 3 rings (SSSR count). The van der Waals surface area contributed by atoms with Crippen LogP contribution in [0.15, 0.2) is 59.4 Å². The number of ether oxygens (including phenoxy) is 1. The van der Waals surface area contributed by atoms with Crippen molar-refractivity contribution in [1.82, 2.24) is 9.78 Å². The Bertz CT molecular complexity index is 1060. The number of hydrogen-bond acceptors (Lipinski definition) is 4. The van der Waals surface area contributed by atoms with E-state index >= 15 is 0 Å². The summed E-state index contributed by atoms with van der Waals surface area (Å²) in [6.07, 6.45) is -0.380. The summed E-state index contributed by atoms with van der Waals surface area (Å²) in [4.78, 5) is 24.9. The highest BCUT2D eigenvalue weighted by Gasteiger charge is 2.21. The molecule has 1 amide bonds. The number of benzene rings is 2. The summed E-state index contributed by atoms with van der Waals surface area (Å²) in [6.45, 7) is 5.67. The minimum absolute atomic E-state index is 0.123. The highest BCUT2D eigenvalue weighted by molar-refractivity contribution is 5.95. The van der Waals surface area contributed by atoms with E-state index in [0.29, 0.717) is 12.1 Å². The average Bonchev–Trinajstić information content (AvgIpc) is 2.70. The zero-order valence-electron chi connectivity index (χ0n) is 16.5. The number of anilines is 1. The molecule has 29 heavy (non-hydrogen) atoms. The molecule has 3 aromatic rings. The second kappa shape index (κ2) is 8.68. The van der Waals surface area contributed by atoms with Crippen molar-refractivity contribution in [2.24, 2.45) is 0 Å². The molecule has 0 radical (unpaired) electrons. The van der Waals surface area contributed by atoms with Gasteiger partial charge in [-0.3, -0.25) is 9.59 Å². The van der Waals surface area contributed by atoms with E-state index in [9.17, 15) is 14.0 Å². The zero-order chi connectivity index (χ0) is 21.0. The molecule has 0 aliphatic heterocycles. The van der Waals surface area contributed by atoms with Crippen LogP contribution in [0, 0.1) is 19.7 Å². The number of para-hydroxylation sites is 1. The number of carbonyl (C=O) groups is 1. The third kappa shape index (κ3) is 4.68. The van der Waals surface area contributed by atoms with Gasteiger partial charge >= 0.3 is 0 Å². The molecular weight excluding hydrogens is 373 g/mol. The van der Waals surface area contributed by atoms with Crippen LogP contribution in [0.25, 0.3) is 5.69 Å². The van der Waals surface area contributed by atoms with Crippen LogP contribution in [0.1, 0.15) is 24.5 Å². The van der Waals surface area contributed by atoms with Crippen molar-refractivity contribution in [1.29, 1.82) is 0 Å². The van der Waals surface area contributed by atoms with Gasteiger partial charge in [-0.15, -0.1) is 5.10 Å². The van der Waals surface area contributed by atoms with E-state index in [1.165, 1.54) is 36.4 Å². The third-order valence-electron chi connectivity index (χ3n) is 4.50. The highest BCUT2D eigenvalue weighted by Crippen LogP contribution is 2.20. The van der Waals surface area contributed by atoms with Crippen molar-refractivity contribution in [2.45, 2.75) is 33.3 Å². The molecule has 1 atom stereocenters. The molecule has 0 aliphatic rings. The van der Waals surface area contributed by atoms with Crippen LogP contribution in [0.2, 0.25) is 0 Å². The quantitative estimate of drug-likeness (QED) is 0.689. The van der Waals surface area contributed by atoms with E-state index in [1.54, 1.807) is 0 Å². The first-order valence-electron chi connectivity index (χ1n) is 9.29. The fourth-order valence-electron chi connectivity index (χ4n) is 2.91. The Labute approximate surface area is 168 Å². The molecule has 1 heterocycles. The second-order valence-electron chi connectivity index (χ2n) is 6.67. The van der Waals surface area contributed by atoms with Crippen molar-refractivity contribution in [3.05, 3.63) is 81.9 Å². The summed E-state index contributed by atoms with van der Waals surface area (Å²) in [5.41, 5.74) is 2.67. The number of amides is 1. The van der Waals surface area contributed by atoms with Gasteiger partial charge in [0, 0.05) is 17.8 Å². The van der Waals surface area contributed by atoms with Gasteiger partial charge in [-0.05, 0) is 55.7 Å². The number of halogens is 1. The lowest BCUT2D eigenvalue weighted by molar-refractivity contribution is -0.123. The second-order valence-corrected chi connectivity index (χ2v) is 6.67. The molecule has 0 aliphatic carbocycles. The predicted molar refractivity (Wildman–Crippen MR) is 109 cm³/mol. The number of nitrogens with one attached hydrogen (secondary N) is 1. The monoisotopic (exact) mass is 395 g/mol. The van der Waals surface area contributed by atoms with E-state index in [1.807, 2.05) is 39.0 Å². The van der Waals surface area contributed by atoms with E-state index in [-0.39, 0.29) is 11.8 Å². The van der Waals surface area contributed by atoms with E-state index in [0.717, 1.165) is 21.5 Å². The Morgan fingerprint density at radius 2 is 1.76 bits per heavy atom. The first kappa shape index (κ1) is 20.3. The molecule has 150 valence electrons. The third-order valence-corrected chi connectivity index (χ3v) is 4.50. The zero-order valence-corrected chi connectivity index (χ0v) is 16.5. The molecular formula is C22H22FN3O3. The Kier molecular flexibility index (Phi) is 6.07. The Morgan fingerprint density at radius 1 is 1.10 bits per heavy atom. The van der Waals surface area contributed by atoms with E-state index in [2.05, 4.69) is 10.4 Å². The first-order valence-corrected chi connectivity index (χ1v) is 9.29. The summed E-state index contributed by atoms with van der Waals surface area (Å²) in [6, 6.07) is 13.8. The molecule has 0 bridgehead atoms. The fraction of sp³-hybridized carbons (Fsp3) is 0.227. The maximum absolute atomic E-state index is 13.1. The smallest absolute Gasteiger partial charge is 0.271 e. The van der Waals surface area contributed by atoms with Crippen LogP contribution < -0.4 is 15.6 Å².